The van der Waals surface area contributed by atoms with Gasteiger partial charge in [0, 0.05) is 5.56 Å². The molecule has 1 saturated heterocycles. The first-order valence-electron chi connectivity index (χ1n) is 5.72. The molecule has 0 bridgehead atoms. The maximum absolute atomic E-state index is 10.8. The average molecular weight is 259 g/mol. The van der Waals surface area contributed by atoms with E-state index in [9.17, 15) is 4.79 Å². The number of furan rings is 1. The second-order valence-corrected chi connectivity index (χ2v) is 4.37. The normalized spacial score (nSPS) is 16.5. The summed E-state index contributed by atoms with van der Waals surface area (Å²) in [5.74, 6) is -0.147. The molecule has 0 aromatic carbocycles. The van der Waals surface area contributed by atoms with Crippen LogP contribution in [0.3, 0.4) is 0 Å². The lowest BCUT2D eigenvalue weighted by Gasteiger charge is -2.25. The molecule has 4 nitrogen and oxygen atoms in total. The van der Waals surface area contributed by atoms with Gasteiger partial charge in [-0.3, -0.25) is 4.90 Å². The van der Waals surface area contributed by atoms with Crippen molar-refractivity contribution in [3.63, 3.8) is 0 Å². The molecule has 1 fully saturated rings. The molecule has 1 aromatic rings. The van der Waals surface area contributed by atoms with E-state index in [2.05, 4.69) is 4.90 Å². The molecule has 0 radical (unpaired) electrons. The zero-order valence-corrected chi connectivity index (χ0v) is 10.7. The number of carbonyl (C=O) groups is 1. The van der Waals surface area contributed by atoms with Gasteiger partial charge in [0.15, 0.2) is 0 Å². The lowest BCUT2D eigenvalue weighted by atomic mass is 10.1. The topological polar surface area (TPSA) is 53.7 Å². The van der Waals surface area contributed by atoms with E-state index in [1.807, 2.05) is 6.07 Å². The van der Waals surface area contributed by atoms with E-state index in [4.69, 9.17) is 9.52 Å². The van der Waals surface area contributed by atoms with Crippen molar-refractivity contribution in [1.29, 1.82) is 0 Å². The predicted octanol–water partition coefficient (Wildman–Crippen LogP) is -0.724. The van der Waals surface area contributed by atoms with Gasteiger partial charge in [-0.25, -0.2) is 4.79 Å². The van der Waals surface area contributed by atoms with Crippen LogP contribution in [0.2, 0.25) is 0 Å². The van der Waals surface area contributed by atoms with Gasteiger partial charge in [-0.05, 0) is 38.9 Å². The van der Waals surface area contributed by atoms with Crippen LogP contribution in [0, 0.1) is 6.92 Å². The first kappa shape index (κ1) is 14.1. The van der Waals surface area contributed by atoms with Crippen LogP contribution in [0.5, 0.6) is 0 Å². The first-order chi connectivity index (χ1) is 7.66. The molecule has 0 spiro atoms. The highest BCUT2D eigenvalue weighted by molar-refractivity contribution is 5.86. The number of likely N-dealkylation sites (tertiary alicyclic amines) is 1. The molecular formula is C12H17ClNO3-. The Kier molecular flexibility index (Phi) is 5.02. The maximum atomic E-state index is 10.8. The van der Waals surface area contributed by atoms with Gasteiger partial charge in [0.25, 0.3) is 0 Å². The number of halogens is 1. The van der Waals surface area contributed by atoms with Gasteiger partial charge in [0.1, 0.15) is 5.76 Å². The lowest BCUT2D eigenvalue weighted by molar-refractivity contribution is -0.0000191. The third-order valence-electron chi connectivity index (χ3n) is 2.99. The second-order valence-electron chi connectivity index (χ2n) is 4.37. The summed E-state index contributed by atoms with van der Waals surface area (Å²) >= 11 is 0. The zero-order valence-electron chi connectivity index (χ0n) is 9.91. The summed E-state index contributed by atoms with van der Waals surface area (Å²) in [6, 6.07) is 1.83. The Bertz CT molecular complexity index is 383. The van der Waals surface area contributed by atoms with Crippen molar-refractivity contribution in [2.75, 3.05) is 13.1 Å². The Morgan fingerprint density at radius 1 is 1.41 bits per heavy atom. The number of carboxylic acids is 1. The lowest BCUT2D eigenvalue weighted by Crippen LogP contribution is -3.00. The van der Waals surface area contributed by atoms with Gasteiger partial charge in [-0.15, -0.1) is 0 Å². The van der Waals surface area contributed by atoms with Crippen LogP contribution in [0.25, 0.3) is 0 Å². The van der Waals surface area contributed by atoms with E-state index in [0.717, 1.165) is 25.4 Å². The van der Waals surface area contributed by atoms with Crippen molar-refractivity contribution in [2.24, 2.45) is 0 Å². The highest BCUT2D eigenvalue weighted by Gasteiger charge is 2.17. The summed E-state index contributed by atoms with van der Waals surface area (Å²) in [4.78, 5) is 13.1. The number of piperidine rings is 1. The summed E-state index contributed by atoms with van der Waals surface area (Å²) in [6.45, 7) is 4.67. The minimum absolute atomic E-state index is 0. The fourth-order valence-corrected chi connectivity index (χ4v) is 2.18. The zero-order chi connectivity index (χ0) is 11.5. The van der Waals surface area contributed by atoms with E-state index in [-0.39, 0.29) is 18.2 Å². The number of carboxylic acid groups (broad SMARTS) is 1. The van der Waals surface area contributed by atoms with Gasteiger partial charge in [-0.1, -0.05) is 6.42 Å². The minimum Gasteiger partial charge on any atom is -1.00 e. The van der Waals surface area contributed by atoms with Crippen LogP contribution in [0.4, 0.5) is 0 Å². The number of rotatable bonds is 3. The summed E-state index contributed by atoms with van der Waals surface area (Å²) in [5, 5.41) is 8.88. The second kappa shape index (κ2) is 6.07. The first-order valence-corrected chi connectivity index (χ1v) is 5.72. The van der Waals surface area contributed by atoms with Gasteiger partial charge < -0.3 is 21.9 Å². The average Bonchev–Trinajstić information content (AvgIpc) is 2.61. The summed E-state index contributed by atoms with van der Waals surface area (Å²) in [7, 11) is 0. The highest BCUT2D eigenvalue weighted by Crippen LogP contribution is 2.18. The standard InChI is InChI=1S/C12H17NO3.ClH/c1-9-7-10(16-11(9)12(14)15)8-13-5-3-2-4-6-13;/h7H,2-6,8H2,1H3,(H,14,15);1H/p-1. The van der Waals surface area contributed by atoms with Gasteiger partial charge in [0.2, 0.25) is 5.76 Å². The molecule has 5 heteroatoms. The SMILES string of the molecule is Cc1cc(CN2CCCCC2)oc1C(=O)O.[Cl-]. The molecule has 2 rings (SSSR count). The van der Waals surface area contributed by atoms with Crippen LogP contribution in [-0.2, 0) is 6.54 Å². The molecule has 1 aliphatic rings. The molecule has 2 heterocycles. The third kappa shape index (κ3) is 3.48. The van der Waals surface area contributed by atoms with Crippen molar-refractivity contribution in [3.05, 3.63) is 23.2 Å². The number of aromatic carboxylic acids is 1. The summed E-state index contributed by atoms with van der Waals surface area (Å²) in [6.07, 6.45) is 3.75. The predicted molar refractivity (Wildman–Crippen MR) is 59.5 cm³/mol. The largest absolute Gasteiger partial charge is 1.00 e. The Morgan fingerprint density at radius 3 is 2.59 bits per heavy atom. The number of nitrogens with zero attached hydrogens (tertiary/aromatic N) is 1. The molecule has 96 valence electrons. The summed E-state index contributed by atoms with van der Waals surface area (Å²) < 4.78 is 5.34. The molecule has 1 aromatic heterocycles. The number of aryl methyl sites for hydroxylation is 1. The molecular weight excluding hydrogens is 242 g/mol. The van der Waals surface area contributed by atoms with Crippen molar-refractivity contribution >= 4 is 5.97 Å². The van der Waals surface area contributed by atoms with Crippen LogP contribution >= 0.6 is 0 Å². The summed E-state index contributed by atoms with van der Waals surface area (Å²) in [5.41, 5.74) is 0.708. The van der Waals surface area contributed by atoms with Crippen molar-refractivity contribution < 1.29 is 26.7 Å². The fraction of sp³-hybridized carbons (Fsp3) is 0.583. The Labute approximate surface area is 107 Å². The Morgan fingerprint density at radius 2 is 2.06 bits per heavy atom. The van der Waals surface area contributed by atoms with Crippen molar-refractivity contribution in [3.8, 4) is 0 Å². The van der Waals surface area contributed by atoms with Gasteiger partial charge in [-0.2, -0.15) is 0 Å². The molecule has 0 unspecified atom stereocenters. The van der Waals surface area contributed by atoms with E-state index in [1.54, 1.807) is 6.92 Å². The van der Waals surface area contributed by atoms with E-state index < -0.39 is 5.97 Å². The van der Waals surface area contributed by atoms with E-state index in [1.165, 1.54) is 19.3 Å². The molecule has 0 atom stereocenters. The molecule has 0 aliphatic carbocycles. The highest BCUT2D eigenvalue weighted by atomic mass is 35.5. The number of hydrogen-bond acceptors (Lipinski definition) is 3. The molecule has 17 heavy (non-hydrogen) atoms. The minimum atomic E-state index is -0.984. The Hall–Kier alpha value is -1.00. The maximum Gasteiger partial charge on any atom is 0.372 e. The van der Waals surface area contributed by atoms with Crippen LogP contribution < -0.4 is 12.4 Å². The molecule has 1 N–H and O–H groups in total. The van der Waals surface area contributed by atoms with E-state index >= 15 is 0 Å². The quantitative estimate of drug-likeness (QED) is 0.777. The van der Waals surface area contributed by atoms with Crippen LogP contribution in [-0.4, -0.2) is 29.1 Å². The van der Waals surface area contributed by atoms with Crippen molar-refractivity contribution in [2.45, 2.75) is 32.7 Å². The molecule has 0 amide bonds. The third-order valence-corrected chi connectivity index (χ3v) is 2.99. The fourth-order valence-electron chi connectivity index (χ4n) is 2.18. The smallest absolute Gasteiger partial charge is 0.372 e. The number of hydrogen-bond donors (Lipinski definition) is 1. The van der Waals surface area contributed by atoms with Gasteiger partial charge >= 0.3 is 5.97 Å². The monoisotopic (exact) mass is 258 g/mol. The van der Waals surface area contributed by atoms with Crippen LogP contribution in [0.15, 0.2) is 10.5 Å². The van der Waals surface area contributed by atoms with Crippen LogP contribution in [0.1, 0.15) is 41.1 Å². The van der Waals surface area contributed by atoms with Gasteiger partial charge in [0.05, 0.1) is 6.54 Å². The molecule has 1 aliphatic heterocycles. The van der Waals surface area contributed by atoms with E-state index in [0.29, 0.717) is 5.56 Å². The van der Waals surface area contributed by atoms with Crippen molar-refractivity contribution in [1.82, 2.24) is 4.90 Å². The molecule has 0 saturated carbocycles. The Balaban J connectivity index is 0.00000144.